The lowest BCUT2D eigenvalue weighted by atomic mass is 9.79. The quantitative estimate of drug-likeness (QED) is 0.0895. The van der Waals surface area contributed by atoms with Crippen LogP contribution in [0.5, 0.6) is 5.75 Å². The Bertz CT molecular complexity index is 1070. The topological polar surface area (TPSA) is 73.9 Å². The van der Waals surface area contributed by atoms with Gasteiger partial charge in [0.25, 0.3) is 0 Å². The summed E-state index contributed by atoms with van der Waals surface area (Å²) >= 11 is 0.359. The van der Waals surface area contributed by atoms with Gasteiger partial charge in [0.15, 0.2) is 4.90 Å². The fraction of sp³-hybridized carbons (Fsp3) is 0.500. The summed E-state index contributed by atoms with van der Waals surface area (Å²) in [5, 5.41) is 3.20. The fourth-order valence-corrected chi connectivity index (χ4v) is 7.19. The van der Waals surface area contributed by atoms with Crippen LogP contribution < -0.4 is 15.0 Å². The first-order valence-electron chi connectivity index (χ1n) is 13.6. The zero-order valence-electron chi connectivity index (χ0n) is 23.4. The van der Waals surface area contributed by atoms with Crippen molar-refractivity contribution in [2.45, 2.75) is 69.1 Å². The van der Waals surface area contributed by atoms with Crippen LogP contribution in [0.1, 0.15) is 59.3 Å². The number of nitrogens with one attached hydrogen (secondary N) is 1. The molecule has 0 bridgehead atoms. The van der Waals surface area contributed by atoms with Crippen molar-refractivity contribution in [3.05, 3.63) is 48.7 Å². The maximum Gasteiger partial charge on any atom is 0.333 e. The maximum atomic E-state index is 14.1. The summed E-state index contributed by atoms with van der Waals surface area (Å²) < 4.78 is 24.9. The molecule has 0 amide bonds. The van der Waals surface area contributed by atoms with E-state index < -0.39 is 17.1 Å². The van der Waals surface area contributed by atoms with Gasteiger partial charge >= 0.3 is 5.97 Å². The van der Waals surface area contributed by atoms with E-state index in [9.17, 15) is 9.35 Å². The van der Waals surface area contributed by atoms with E-state index in [0.29, 0.717) is 18.1 Å². The number of unbranched alkanes of at least 4 members (excludes halogenated alkanes) is 2. The van der Waals surface area contributed by atoms with E-state index in [4.69, 9.17) is 9.47 Å². The van der Waals surface area contributed by atoms with Gasteiger partial charge in [-0.3, -0.25) is 0 Å². The van der Waals surface area contributed by atoms with Crippen LogP contribution in [-0.4, -0.2) is 42.7 Å². The van der Waals surface area contributed by atoms with Crippen molar-refractivity contribution in [3.63, 3.8) is 0 Å². The molecular formula is C30H42N2O4S2. The second-order valence-electron chi connectivity index (χ2n) is 9.72. The van der Waals surface area contributed by atoms with Crippen LogP contribution in [0.3, 0.4) is 0 Å². The maximum absolute atomic E-state index is 14.1. The number of rotatable bonds is 13. The van der Waals surface area contributed by atoms with Gasteiger partial charge in [0.1, 0.15) is 11.5 Å². The summed E-state index contributed by atoms with van der Waals surface area (Å²) in [4.78, 5) is 15.8. The third-order valence-corrected chi connectivity index (χ3v) is 9.44. The number of anilines is 3. The molecule has 0 fully saturated rings. The van der Waals surface area contributed by atoms with E-state index in [-0.39, 0.29) is 5.41 Å². The number of esters is 1. The van der Waals surface area contributed by atoms with Crippen LogP contribution in [0.15, 0.2) is 58.5 Å². The molecule has 38 heavy (non-hydrogen) atoms. The standard InChI is InChI=1S/C30H42N2O4S2/c1-6-9-16-30(17-10-7-2)21-32(24-13-11-23(31-4)12-14-24)25-19-27(37-5)26(20-28(25)38(34)22-30)36-18-15-29(33)35-8-3/h11-15,18-20,31H,6-10,16-17,21-22H2,1-5H3/b18-15+. The SMILES string of the molecule is CCCCC1(CCCC)CN(c2ccc(NC)cc2)c2cc(SC)c(O/C=C/C(=O)OCC)cc2[S+]([O-])C1. The molecule has 2 aromatic rings. The lowest BCUT2D eigenvalue weighted by molar-refractivity contribution is -0.137. The average Bonchev–Trinajstić information content (AvgIpc) is 3.04. The van der Waals surface area contributed by atoms with Gasteiger partial charge in [0, 0.05) is 36.4 Å². The van der Waals surface area contributed by atoms with Crippen LogP contribution in [0.4, 0.5) is 17.1 Å². The molecule has 208 valence electrons. The van der Waals surface area contributed by atoms with E-state index in [1.54, 1.807) is 18.7 Å². The van der Waals surface area contributed by atoms with E-state index in [2.05, 4.69) is 54.4 Å². The van der Waals surface area contributed by atoms with Gasteiger partial charge in [-0.15, -0.1) is 11.8 Å². The summed E-state index contributed by atoms with van der Waals surface area (Å²) in [5.74, 6) is 0.761. The molecule has 2 aromatic carbocycles. The Balaban J connectivity index is 2.11. The lowest BCUT2D eigenvalue weighted by Crippen LogP contribution is -2.38. The molecule has 0 spiro atoms. The Hall–Kier alpha value is -2.29. The minimum atomic E-state index is -1.21. The van der Waals surface area contributed by atoms with Gasteiger partial charge < -0.3 is 24.2 Å². The highest BCUT2D eigenvalue weighted by molar-refractivity contribution is 7.98. The Morgan fingerprint density at radius 3 is 2.42 bits per heavy atom. The van der Waals surface area contributed by atoms with E-state index >= 15 is 0 Å². The predicted octanol–water partition coefficient (Wildman–Crippen LogP) is 7.53. The largest absolute Gasteiger partial charge is 0.611 e. The number of thioether (sulfide) groups is 1. The van der Waals surface area contributed by atoms with E-state index in [1.807, 2.05) is 19.4 Å². The first kappa shape index (κ1) is 30.3. The average molecular weight is 559 g/mol. The van der Waals surface area contributed by atoms with Gasteiger partial charge in [-0.2, -0.15) is 0 Å². The summed E-state index contributed by atoms with van der Waals surface area (Å²) in [7, 11) is 1.92. The third-order valence-electron chi connectivity index (χ3n) is 6.99. The van der Waals surface area contributed by atoms with Crippen molar-refractivity contribution >= 4 is 46.0 Å². The number of fused-ring (bicyclic) bond motifs is 1. The van der Waals surface area contributed by atoms with Crippen molar-refractivity contribution in [2.24, 2.45) is 5.41 Å². The fourth-order valence-electron chi connectivity index (χ4n) is 4.92. The number of hydrogen-bond acceptors (Lipinski definition) is 7. The monoisotopic (exact) mass is 558 g/mol. The van der Waals surface area contributed by atoms with Gasteiger partial charge in [-0.1, -0.05) is 39.5 Å². The molecule has 1 atom stereocenters. The van der Waals surface area contributed by atoms with Gasteiger partial charge in [0.2, 0.25) is 0 Å². The molecule has 6 nitrogen and oxygen atoms in total. The summed E-state index contributed by atoms with van der Waals surface area (Å²) in [6.07, 6.45) is 11.2. The first-order chi connectivity index (χ1) is 18.4. The Labute approximate surface area is 235 Å². The number of ether oxygens (including phenoxy) is 2. The van der Waals surface area contributed by atoms with Crippen molar-refractivity contribution in [3.8, 4) is 5.75 Å². The predicted molar refractivity (Wildman–Crippen MR) is 160 cm³/mol. The second-order valence-corrected chi connectivity index (χ2v) is 12.0. The van der Waals surface area contributed by atoms with Gasteiger partial charge in [-0.05, 0) is 67.5 Å². The van der Waals surface area contributed by atoms with Crippen LogP contribution in [0.25, 0.3) is 0 Å². The zero-order chi connectivity index (χ0) is 27.5. The third kappa shape index (κ3) is 7.64. The Kier molecular flexibility index (Phi) is 11.7. The molecule has 0 radical (unpaired) electrons. The van der Waals surface area contributed by atoms with Gasteiger partial charge in [0.05, 0.1) is 29.5 Å². The molecule has 0 aromatic heterocycles. The minimum Gasteiger partial charge on any atom is -0.611 e. The highest BCUT2D eigenvalue weighted by atomic mass is 32.2. The molecule has 0 aliphatic carbocycles. The summed E-state index contributed by atoms with van der Waals surface area (Å²) in [5.41, 5.74) is 3.05. The lowest BCUT2D eigenvalue weighted by Gasteiger charge is -2.36. The number of nitrogens with zero attached hydrogens (tertiary/aromatic N) is 1. The molecule has 1 unspecified atom stereocenters. The Morgan fingerprint density at radius 2 is 1.84 bits per heavy atom. The van der Waals surface area contributed by atoms with Crippen molar-refractivity contribution < 1.29 is 18.8 Å². The number of hydrogen-bond donors (Lipinski definition) is 1. The van der Waals surface area contributed by atoms with Crippen LogP contribution in [0.2, 0.25) is 0 Å². The van der Waals surface area contributed by atoms with Crippen molar-refractivity contribution in [2.75, 3.05) is 42.4 Å². The van der Waals surface area contributed by atoms with Crippen LogP contribution >= 0.6 is 11.8 Å². The molecule has 1 aliphatic rings. The molecule has 1 heterocycles. The highest BCUT2D eigenvalue weighted by Crippen LogP contribution is 2.47. The molecule has 3 rings (SSSR count). The normalized spacial score (nSPS) is 16.7. The Morgan fingerprint density at radius 1 is 1.16 bits per heavy atom. The summed E-state index contributed by atoms with van der Waals surface area (Å²) in [6, 6.07) is 12.4. The zero-order valence-corrected chi connectivity index (χ0v) is 25.0. The van der Waals surface area contributed by atoms with Gasteiger partial charge in [-0.25, -0.2) is 4.79 Å². The first-order valence-corrected chi connectivity index (χ1v) is 16.1. The molecule has 1 aliphatic heterocycles. The van der Waals surface area contributed by atoms with Crippen LogP contribution in [0, 0.1) is 5.41 Å². The number of carbonyl (C=O) groups excluding carboxylic acids is 1. The molecule has 0 saturated carbocycles. The molecule has 8 heteroatoms. The molecule has 1 N–H and O–H groups in total. The number of carbonyl (C=O) groups is 1. The number of benzene rings is 2. The second kappa shape index (κ2) is 14.8. The van der Waals surface area contributed by atoms with Crippen molar-refractivity contribution in [1.82, 2.24) is 0 Å². The minimum absolute atomic E-state index is 0.0536. The molecule has 0 saturated heterocycles. The highest BCUT2D eigenvalue weighted by Gasteiger charge is 2.42. The summed E-state index contributed by atoms with van der Waals surface area (Å²) in [6.45, 7) is 7.34. The van der Waals surface area contributed by atoms with E-state index in [1.165, 1.54) is 12.3 Å². The van der Waals surface area contributed by atoms with Crippen molar-refractivity contribution in [1.29, 1.82) is 0 Å². The molecular weight excluding hydrogens is 516 g/mol. The smallest absolute Gasteiger partial charge is 0.333 e. The van der Waals surface area contributed by atoms with E-state index in [0.717, 1.165) is 71.9 Å². The van der Waals surface area contributed by atoms with Crippen LogP contribution in [-0.2, 0) is 20.7 Å².